The van der Waals surface area contributed by atoms with Gasteiger partial charge in [0.1, 0.15) is 11.9 Å². The van der Waals surface area contributed by atoms with Crippen LogP contribution in [-0.4, -0.2) is 29.2 Å². The van der Waals surface area contributed by atoms with Crippen LogP contribution in [0.2, 0.25) is 0 Å². The number of rotatable bonds is 3. The van der Waals surface area contributed by atoms with Gasteiger partial charge < -0.3 is 15.0 Å². The van der Waals surface area contributed by atoms with Crippen LogP contribution in [0, 0.1) is 0 Å². The fourth-order valence-corrected chi connectivity index (χ4v) is 1.80. The van der Waals surface area contributed by atoms with Gasteiger partial charge in [0.15, 0.2) is 0 Å². The van der Waals surface area contributed by atoms with E-state index in [9.17, 15) is 4.79 Å². The predicted octanol–water partition coefficient (Wildman–Crippen LogP) is 0.463. The summed E-state index contributed by atoms with van der Waals surface area (Å²) < 4.78 is 5.68. The van der Waals surface area contributed by atoms with E-state index in [-0.39, 0.29) is 11.7 Å². The van der Waals surface area contributed by atoms with Gasteiger partial charge >= 0.3 is 0 Å². The fourth-order valence-electron chi connectivity index (χ4n) is 1.80. The molecule has 0 aliphatic carbocycles. The normalized spacial score (nSPS) is 20.7. The molecule has 0 radical (unpaired) electrons. The molecule has 1 saturated heterocycles. The van der Waals surface area contributed by atoms with Gasteiger partial charge in [0.25, 0.3) is 5.56 Å². The minimum absolute atomic E-state index is 0.132. The van der Waals surface area contributed by atoms with E-state index in [1.165, 1.54) is 6.07 Å². The SMILES string of the molecule is CCc1nc(OC2CCCNC2)cc(=O)[nH]1. The van der Waals surface area contributed by atoms with Crippen molar-refractivity contribution in [3.63, 3.8) is 0 Å². The molecule has 5 nitrogen and oxygen atoms in total. The number of hydrogen-bond acceptors (Lipinski definition) is 4. The zero-order chi connectivity index (χ0) is 11.4. The minimum atomic E-state index is -0.148. The second kappa shape index (κ2) is 5.12. The van der Waals surface area contributed by atoms with Crippen LogP contribution in [0.5, 0.6) is 5.88 Å². The summed E-state index contributed by atoms with van der Waals surface area (Å²) in [5.74, 6) is 1.11. The van der Waals surface area contributed by atoms with Crippen molar-refractivity contribution in [2.24, 2.45) is 0 Å². The topological polar surface area (TPSA) is 67.0 Å². The van der Waals surface area contributed by atoms with Gasteiger partial charge in [-0.2, -0.15) is 0 Å². The molecule has 1 aliphatic heterocycles. The first-order valence-electron chi connectivity index (χ1n) is 5.75. The van der Waals surface area contributed by atoms with E-state index in [1.807, 2.05) is 6.92 Å². The van der Waals surface area contributed by atoms with Crippen molar-refractivity contribution in [3.05, 3.63) is 22.2 Å². The molecule has 0 saturated carbocycles. The first-order valence-corrected chi connectivity index (χ1v) is 5.75. The lowest BCUT2D eigenvalue weighted by atomic mass is 10.1. The van der Waals surface area contributed by atoms with Gasteiger partial charge in [-0.3, -0.25) is 4.79 Å². The number of H-pyrrole nitrogens is 1. The second-order valence-corrected chi connectivity index (χ2v) is 3.97. The molecule has 16 heavy (non-hydrogen) atoms. The third-order valence-electron chi connectivity index (χ3n) is 2.64. The summed E-state index contributed by atoms with van der Waals surface area (Å²) in [4.78, 5) is 18.2. The van der Waals surface area contributed by atoms with Gasteiger partial charge in [-0.05, 0) is 19.4 Å². The van der Waals surface area contributed by atoms with Gasteiger partial charge in [0, 0.05) is 13.0 Å². The highest BCUT2D eigenvalue weighted by Gasteiger charge is 2.15. The molecule has 2 heterocycles. The zero-order valence-corrected chi connectivity index (χ0v) is 9.45. The van der Waals surface area contributed by atoms with E-state index in [4.69, 9.17) is 4.74 Å². The largest absolute Gasteiger partial charge is 0.473 e. The average Bonchev–Trinajstić information content (AvgIpc) is 2.29. The third-order valence-corrected chi connectivity index (χ3v) is 2.64. The fraction of sp³-hybridized carbons (Fsp3) is 0.636. The Kier molecular flexibility index (Phi) is 3.56. The number of nitrogens with zero attached hydrogens (tertiary/aromatic N) is 1. The molecule has 1 aliphatic rings. The zero-order valence-electron chi connectivity index (χ0n) is 9.45. The maximum absolute atomic E-state index is 11.3. The number of aromatic nitrogens is 2. The van der Waals surface area contributed by atoms with Crippen molar-refractivity contribution >= 4 is 0 Å². The highest BCUT2D eigenvalue weighted by atomic mass is 16.5. The first-order chi connectivity index (χ1) is 7.78. The summed E-state index contributed by atoms with van der Waals surface area (Å²) in [5.41, 5.74) is -0.148. The summed E-state index contributed by atoms with van der Waals surface area (Å²) in [7, 11) is 0. The van der Waals surface area contributed by atoms with Gasteiger partial charge in [0.2, 0.25) is 5.88 Å². The highest BCUT2D eigenvalue weighted by molar-refractivity contribution is 5.09. The summed E-state index contributed by atoms with van der Waals surface area (Å²) in [6.45, 7) is 3.82. The molecule has 1 atom stereocenters. The molecular formula is C11H17N3O2. The van der Waals surface area contributed by atoms with E-state index in [2.05, 4.69) is 15.3 Å². The molecule has 0 amide bonds. The summed E-state index contributed by atoms with van der Waals surface area (Å²) in [6, 6.07) is 1.41. The smallest absolute Gasteiger partial charge is 0.254 e. The maximum Gasteiger partial charge on any atom is 0.254 e. The number of ether oxygens (including phenoxy) is 1. The van der Waals surface area contributed by atoms with Crippen molar-refractivity contribution < 1.29 is 4.74 Å². The molecular weight excluding hydrogens is 206 g/mol. The average molecular weight is 223 g/mol. The number of nitrogens with one attached hydrogen (secondary N) is 2. The Labute approximate surface area is 94.2 Å². The minimum Gasteiger partial charge on any atom is -0.473 e. The Morgan fingerprint density at radius 3 is 3.19 bits per heavy atom. The maximum atomic E-state index is 11.3. The van der Waals surface area contributed by atoms with Gasteiger partial charge in [-0.15, -0.1) is 0 Å². The van der Waals surface area contributed by atoms with Crippen LogP contribution >= 0.6 is 0 Å². The monoisotopic (exact) mass is 223 g/mol. The highest BCUT2D eigenvalue weighted by Crippen LogP contribution is 2.11. The summed E-state index contributed by atoms with van der Waals surface area (Å²) in [6.07, 6.45) is 2.96. The Bertz CT molecular complexity index is 396. The van der Waals surface area contributed by atoms with Crippen LogP contribution in [0.1, 0.15) is 25.6 Å². The number of hydrogen-bond donors (Lipinski definition) is 2. The Morgan fingerprint density at radius 2 is 2.50 bits per heavy atom. The molecule has 2 N–H and O–H groups in total. The lowest BCUT2D eigenvalue weighted by molar-refractivity contribution is 0.159. The standard InChI is InChI=1S/C11H17N3O2/c1-2-9-13-10(15)6-11(14-9)16-8-4-3-5-12-7-8/h6,8,12H,2-5,7H2,1H3,(H,13,14,15). The quantitative estimate of drug-likeness (QED) is 0.781. The Morgan fingerprint density at radius 1 is 1.62 bits per heavy atom. The second-order valence-electron chi connectivity index (χ2n) is 3.97. The summed E-state index contributed by atoms with van der Waals surface area (Å²) in [5, 5.41) is 3.26. The molecule has 1 fully saturated rings. The van der Waals surface area contributed by atoms with Crippen molar-refractivity contribution in [2.45, 2.75) is 32.3 Å². The lowest BCUT2D eigenvalue weighted by Crippen LogP contribution is -2.37. The van der Waals surface area contributed by atoms with Gasteiger partial charge in [0.05, 0.1) is 6.07 Å². The Hall–Kier alpha value is -1.36. The lowest BCUT2D eigenvalue weighted by Gasteiger charge is -2.23. The van der Waals surface area contributed by atoms with E-state index < -0.39 is 0 Å². The number of aryl methyl sites for hydroxylation is 1. The van der Waals surface area contributed by atoms with E-state index in [0.717, 1.165) is 25.9 Å². The molecule has 1 unspecified atom stereocenters. The molecule has 0 spiro atoms. The van der Waals surface area contributed by atoms with Crippen molar-refractivity contribution in [1.29, 1.82) is 0 Å². The van der Waals surface area contributed by atoms with E-state index in [0.29, 0.717) is 18.1 Å². The third kappa shape index (κ3) is 2.82. The molecule has 0 aromatic carbocycles. The van der Waals surface area contributed by atoms with Crippen molar-refractivity contribution in [1.82, 2.24) is 15.3 Å². The van der Waals surface area contributed by atoms with Crippen molar-refractivity contribution in [2.75, 3.05) is 13.1 Å². The molecule has 0 bridgehead atoms. The summed E-state index contributed by atoms with van der Waals surface area (Å²) >= 11 is 0. The van der Waals surface area contributed by atoms with Gasteiger partial charge in [-0.25, -0.2) is 4.98 Å². The molecule has 2 rings (SSSR count). The Balaban J connectivity index is 2.07. The number of aromatic amines is 1. The van der Waals surface area contributed by atoms with Crippen LogP contribution in [-0.2, 0) is 6.42 Å². The molecule has 1 aromatic heterocycles. The van der Waals surface area contributed by atoms with E-state index >= 15 is 0 Å². The molecule has 5 heteroatoms. The van der Waals surface area contributed by atoms with Crippen LogP contribution in [0.15, 0.2) is 10.9 Å². The van der Waals surface area contributed by atoms with Crippen LogP contribution in [0.4, 0.5) is 0 Å². The number of piperidine rings is 1. The predicted molar refractivity (Wildman–Crippen MR) is 60.8 cm³/mol. The van der Waals surface area contributed by atoms with Crippen LogP contribution in [0.3, 0.4) is 0 Å². The first kappa shape index (κ1) is 11.1. The molecule has 88 valence electrons. The molecule has 1 aromatic rings. The van der Waals surface area contributed by atoms with E-state index in [1.54, 1.807) is 0 Å². The van der Waals surface area contributed by atoms with Crippen LogP contribution < -0.4 is 15.6 Å². The van der Waals surface area contributed by atoms with Crippen LogP contribution in [0.25, 0.3) is 0 Å². The van der Waals surface area contributed by atoms with Crippen molar-refractivity contribution in [3.8, 4) is 5.88 Å². The van der Waals surface area contributed by atoms with Gasteiger partial charge in [-0.1, -0.05) is 6.92 Å².